The molecule has 0 heterocycles. The fourth-order valence-corrected chi connectivity index (χ4v) is 1.69. The molecule has 0 aliphatic carbocycles. The van der Waals surface area contributed by atoms with E-state index in [-0.39, 0.29) is 17.0 Å². The number of carboxylic acid groups (broad SMARTS) is 1. The Morgan fingerprint density at radius 2 is 1.62 bits per heavy atom. The van der Waals surface area contributed by atoms with Gasteiger partial charge in [0.25, 0.3) is 5.91 Å². The summed E-state index contributed by atoms with van der Waals surface area (Å²) in [5.41, 5.74) is -0.478. The molecule has 0 aliphatic heterocycles. The van der Waals surface area contributed by atoms with E-state index in [1.807, 2.05) is 20.8 Å². The average Bonchev–Trinajstić information content (AvgIpc) is 2.36. The van der Waals surface area contributed by atoms with E-state index in [2.05, 4.69) is 10.6 Å². The highest BCUT2D eigenvalue weighted by Crippen LogP contribution is 2.09. The molecule has 0 saturated heterocycles. The number of nitrogens with one attached hydrogen (secondary N) is 2. The van der Waals surface area contributed by atoms with Crippen molar-refractivity contribution in [3.8, 4) is 0 Å². The average molecular weight is 292 g/mol. The summed E-state index contributed by atoms with van der Waals surface area (Å²) < 4.78 is 0. The van der Waals surface area contributed by atoms with E-state index in [1.54, 1.807) is 13.0 Å². The molecular weight excluding hydrogens is 272 g/mol. The maximum atomic E-state index is 12.1. The number of carboxylic acids is 1. The first kappa shape index (κ1) is 16.7. The minimum atomic E-state index is -1.19. The van der Waals surface area contributed by atoms with E-state index in [9.17, 15) is 14.4 Å². The van der Waals surface area contributed by atoms with Gasteiger partial charge in [0.05, 0.1) is 11.1 Å². The van der Waals surface area contributed by atoms with Crippen LogP contribution in [0, 0.1) is 0 Å². The van der Waals surface area contributed by atoms with Gasteiger partial charge in [0.1, 0.15) is 6.04 Å². The van der Waals surface area contributed by atoms with Crippen LogP contribution in [0.2, 0.25) is 0 Å². The highest BCUT2D eigenvalue weighted by Gasteiger charge is 2.23. The molecule has 1 rings (SSSR count). The SMILES string of the molecule is CC(NC(=O)c1ccccc1C(=O)O)C(=O)NC(C)(C)C. The van der Waals surface area contributed by atoms with E-state index in [0.717, 1.165) is 0 Å². The van der Waals surface area contributed by atoms with Crippen LogP contribution in [-0.2, 0) is 4.79 Å². The van der Waals surface area contributed by atoms with Gasteiger partial charge < -0.3 is 15.7 Å². The predicted molar refractivity (Wildman–Crippen MR) is 78.2 cm³/mol. The Labute approximate surface area is 123 Å². The van der Waals surface area contributed by atoms with Gasteiger partial charge in [0.2, 0.25) is 5.91 Å². The van der Waals surface area contributed by atoms with E-state index >= 15 is 0 Å². The summed E-state index contributed by atoms with van der Waals surface area (Å²) in [6.45, 7) is 7.04. The standard InChI is InChI=1S/C15H20N2O4/c1-9(12(18)17-15(2,3)4)16-13(19)10-7-5-6-8-11(10)14(20)21/h5-9H,1-4H3,(H,16,19)(H,17,18)(H,20,21). The van der Waals surface area contributed by atoms with Gasteiger partial charge >= 0.3 is 5.97 Å². The van der Waals surface area contributed by atoms with E-state index in [1.165, 1.54) is 18.2 Å². The summed E-state index contributed by atoms with van der Waals surface area (Å²) in [6, 6.07) is 5.10. The van der Waals surface area contributed by atoms with Crippen LogP contribution in [0.1, 0.15) is 48.4 Å². The quantitative estimate of drug-likeness (QED) is 0.782. The second-order valence-corrected chi connectivity index (χ2v) is 5.79. The van der Waals surface area contributed by atoms with E-state index < -0.39 is 23.5 Å². The zero-order chi connectivity index (χ0) is 16.2. The number of amides is 2. The third-order valence-electron chi connectivity index (χ3n) is 2.64. The van der Waals surface area contributed by atoms with Crippen LogP contribution >= 0.6 is 0 Å². The lowest BCUT2D eigenvalue weighted by Gasteiger charge is -2.23. The lowest BCUT2D eigenvalue weighted by Crippen LogP contribution is -2.51. The van der Waals surface area contributed by atoms with Crippen LogP contribution in [-0.4, -0.2) is 34.5 Å². The van der Waals surface area contributed by atoms with Crippen LogP contribution in [0.3, 0.4) is 0 Å². The fraction of sp³-hybridized carbons (Fsp3) is 0.400. The maximum Gasteiger partial charge on any atom is 0.336 e. The van der Waals surface area contributed by atoms with E-state index in [0.29, 0.717) is 0 Å². The lowest BCUT2D eigenvalue weighted by atomic mass is 10.1. The van der Waals surface area contributed by atoms with Gasteiger partial charge in [-0.15, -0.1) is 0 Å². The van der Waals surface area contributed by atoms with E-state index in [4.69, 9.17) is 5.11 Å². The Bertz CT molecular complexity index is 561. The molecular formula is C15H20N2O4. The highest BCUT2D eigenvalue weighted by molar-refractivity contribution is 6.05. The molecule has 0 aromatic heterocycles. The van der Waals surface area contributed by atoms with Crippen LogP contribution in [0.4, 0.5) is 0 Å². The number of hydrogen-bond donors (Lipinski definition) is 3. The summed E-state index contributed by atoms with van der Waals surface area (Å²) in [5, 5.41) is 14.3. The number of aromatic carboxylic acids is 1. The molecule has 0 radical (unpaired) electrons. The van der Waals surface area contributed by atoms with Crippen molar-refractivity contribution >= 4 is 17.8 Å². The minimum absolute atomic E-state index is 0.0282. The fourth-order valence-electron chi connectivity index (χ4n) is 1.69. The van der Waals surface area contributed by atoms with Crippen molar-refractivity contribution in [3.63, 3.8) is 0 Å². The molecule has 1 aromatic rings. The van der Waals surface area contributed by atoms with Gasteiger partial charge in [-0.05, 0) is 39.8 Å². The molecule has 0 fully saturated rings. The Kier molecular flexibility index (Phi) is 5.07. The summed E-state index contributed by atoms with van der Waals surface area (Å²) in [7, 11) is 0. The molecule has 6 heteroatoms. The first-order valence-electron chi connectivity index (χ1n) is 6.57. The van der Waals surface area contributed by atoms with Crippen LogP contribution < -0.4 is 10.6 Å². The van der Waals surface area contributed by atoms with Crippen molar-refractivity contribution < 1.29 is 19.5 Å². The Morgan fingerprint density at radius 3 is 2.10 bits per heavy atom. The first-order valence-corrected chi connectivity index (χ1v) is 6.57. The number of carbonyl (C=O) groups is 3. The molecule has 2 amide bonds. The van der Waals surface area contributed by atoms with Crippen molar-refractivity contribution in [2.75, 3.05) is 0 Å². The molecule has 1 unspecified atom stereocenters. The van der Waals surface area contributed by atoms with Crippen molar-refractivity contribution in [3.05, 3.63) is 35.4 Å². The Morgan fingerprint density at radius 1 is 1.10 bits per heavy atom. The second kappa shape index (κ2) is 6.39. The molecule has 0 bridgehead atoms. The van der Waals surface area contributed by atoms with Gasteiger partial charge in [-0.1, -0.05) is 12.1 Å². The molecule has 3 N–H and O–H groups in total. The monoisotopic (exact) mass is 292 g/mol. The van der Waals surface area contributed by atoms with Crippen LogP contribution in [0.15, 0.2) is 24.3 Å². The zero-order valence-electron chi connectivity index (χ0n) is 12.6. The predicted octanol–water partition coefficient (Wildman–Crippen LogP) is 1.42. The summed E-state index contributed by atoms with van der Waals surface area (Å²) >= 11 is 0. The smallest absolute Gasteiger partial charge is 0.336 e. The van der Waals surface area contributed by atoms with Crippen LogP contribution in [0.5, 0.6) is 0 Å². The normalized spacial score (nSPS) is 12.4. The molecule has 0 saturated carbocycles. The Balaban J connectivity index is 2.82. The lowest BCUT2D eigenvalue weighted by molar-refractivity contribution is -0.124. The summed E-state index contributed by atoms with van der Waals surface area (Å²) in [4.78, 5) is 35.1. The maximum absolute atomic E-state index is 12.1. The van der Waals surface area contributed by atoms with Gasteiger partial charge in [0, 0.05) is 5.54 Å². The number of benzene rings is 1. The van der Waals surface area contributed by atoms with Gasteiger partial charge in [-0.2, -0.15) is 0 Å². The summed E-state index contributed by atoms with van der Waals surface area (Å²) in [5.74, 6) is -2.11. The van der Waals surface area contributed by atoms with Crippen LogP contribution in [0.25, 0.3) is 0 Å². The van der Waals surface area contributed by atoms with Crippen molar-refractivity contribution in [1.82, 2.24) is 10.6 Å². The molecule has 114 valence electrons. The highest BCUT2D eigenvalue weighted by atomic mass is 16.4. The third kappa shape index (κ3) is 4.91. The Hall–Kier alpha value is -2.37. The second-order valence-electron chi connectivity index (χ2n) is 5.79. The molecule has 0 aliphatic rings. The molecule has 21 heavy (non-hydrogen) atoms. The van der Waals surface area contributed by atoms with Crippen molar-refractivity contribution in [2.45, 2.75) is 39.3 Å². The van der Waals surface area contributed by atoms with Crippen molar-refractivity contribution in [1.29, 1.82) is 0 Å². The van der Waals surface area contributed by atoms with Gasteiger partial charge in [-0.3, -0.25) is 9.59 Å². The summed E-state index contributed by atoms with van der Waals surface area (Å²) in [6.07, 6.45) is 0. The third-order valence-corrected chi connectivity index (χ3v) is 2.64. The zero-order valence-corrected chi connectivity index (χ0v) is 12.6. The molecule has 1 atom stereocenters. The first-order chi connectivity index (χ1) is 9.61. The topological polar surface area (TPSA) is 95.5 Å². The minimum Gasteiger partial charge on any atom is -0.478 e. The van der Waals surface area contributed by atoms with Gasteiger partial charge in [-0.25, -0.2) is 4.79 Å². The molecule has 1 aromatic carbocycles. The molecule has 0 spiro atoms. The number of hydrogen-bond acceptors (Lipinski definition) is 3. The largest absolute Gasteiger partial charge is 0.478 e. The van der Waals surface area contributed by atoms with Gasteiger partial charge in [0.15, 0.2) is 0 Å². The van der Waals surface area contributed by atoms with Crippen molar-refractivity contribution in [2.24, 2.45) is 0 Å². The molecule has 6 nitrogen and oxygen atoms in total. The number of rotatable bonds is 4. The number of carbonyl (C=O) groups excluding carboxylic acids is 2.